The monoisotopic (exact) mass is 270 g/mol. The molecule has 2 atom stereocenters. The van der Waals surface area contributed by atoms with E-state index in [2.05, 4.69) is 23.9 Å². The number of benzene rings is 1. The maximum absolute atomic E-state index is 10.1. The van der Waals surface area contributed by atoms with E-state index in [-0.39, 0.29) is 0 Å². The molecule has 1 N–H and O–H groups in total. The lowest BCUT2D eigenvalue weighted by atomic mass is 9.87. The molecule has 0 saturated carbocycles. The van der Waals surface area contributed by atoms with Crippen LogP contribution in [-0.2, 0) is 6.42 Å². The maximum Gasteiger partial charge on any atom is 0.125 e. The number of pyridine rings is 1. The molecular weight excluding hydrogens is 248 g/mol. The Balaban J connectivity index is 1.88. The molecule has 2 aromatic rings. The van der Waals surface area contributed by atoms with E-state index in [0.29, 0.717) is 17.7 Å². The highest BCUT2D eigenvalue weighted by Gasteiger charge is 2.24. The zero-order valence-corrected chi connectivity index (χ0v) is 12.2. The Morgan fingerprint density at radius 1 is 1.35 bits per heavy atom. The van der Waals surface area contributed by atoms with Crippen LogP contribution in [-0.4, -0.2) is 34.6 Å². The summed E-state index contributed by atoms with van der Waals surface area (Å²) in [6, 6.07) is 8.29. The predicted molar refractivity (Wildman–Crippen MR) is 81.9 cm³/mol. The molecular formula is C17H22N2O. The van der Waals surface area contributed by atoms with Gasteiger partial charge in [0.05, 0.1) is 5.69 Å². The maximum atomic E-state index is 10.1. The molecule has 0 radical (unpaired) electrons. The van der Waals surface area contributed by atoms with Crippen molar-refractivity contribution in [3.63, 3.8) is 0 Å². The van der Waals surface area contributed by atoms with Crippen molar-refractivity contribution in [2.24, 2.45) is 5.92 Å². The lowest BCUT2D eigenvalue weighted by Crippen LogP contribution is -2.38. The number of phenolic OH excluding ortho intramolecular Hbond substituents is 1. The summed E-state index contributed by atoms with van der Waals surface area (Å²) in [5.74, 6) is 1.02. The average molecular weight is 270 g/mol. The van der Waals surface area contributed by atoms with Crippen molar-refractivity contribution in [3.05, 3.63) is 36.2 Å². The van der Waals surface area contributed by atoms with Gasteiger partial charge in [-0.15, -0.1) is 0 Å². The topological polar surface area (TPSA) is 36.4 Å². The Labute approximate surface area is 120 Å². The molecule has 1 saturated heterocycles. The minimum Gasteiger partial charge on any atom is -0.507 e. The van der Waals surface area contributed by atoms with Gasteiger partial charge in [0.2, 0.25) is 0 Å². The Morgan fingerprint density at radius 2 is 2.20 bits per heavy atom. The molecule has 0 spiro atoms. The number of nitrogens with zero attached hydrogens (tertiary/aromatic N) is 2. The molecule has 3 heteroatoms. The smallest absolute Gasteiger partial charge is 0.125 e. The summed E-state index contributed by atoms with van der Waals surface area (Å²) in [5, 5.41) is 12.1. The van der Waals surface area contributed by atoms with Gasteiger partial charge in [-0.3, -0.25) is 4.98 Å². The molecule has 3 rings (SSSR count). The molecule has 1 aliphatic heterocycles. The normalized spacial score (nSPS) is 24.1. The van der Waals surface area contributed by atoms with Crippen molar-refractivity contribution < 1.29 is 5.11 Å². The third-order valence-electron chi connectivity index (χ3n) is 4.65. The molecule has 1 aromatic carbocycles. The van der Waals surface area contributed by atoms with Crippen LogP contribution in [0.4, 0.5) is 0 Å². The van der Waals surface area contributed by atoms with E-state index in [0.717, 1.165) is 29.4 Å². The number of aromatic hydroxyl groups is 1. The Bertz CT molecular complexity index is 606. The van der Waals surface area contributed by atoms with Gasteiger partial charge in [-0.25, -0.2) is 0 Å². The molecule has 3 nitrogen and oxygen atoms in total. The summed E-state index contributed by atoms with van der Waals surface area (Å²) in [6.45, 7) is 3.45. The van der Waals surface area contributed by atoms with E-state index in [9.17, 15) is 5.11 Å². The first-order chi connectivity index (χ1) is 9.65. The van der Waals surface area contributed by atoms with Crippen molar-refractivity contribution in [1.29, 1.82) is 0 Å². The summed E-state index contributed by atoms with van der Waals surface area (Å²) in [7, 11) is 2.20. The molecule has 0 amide bonds. The van der Waals surface area contributed by atoms with Gasteiger partial charge in [-0.1, -0.05) is 12.1 Å². The van der Waals surface area contributed by atoms with Gasteiger partial charge in [0.1, 0.15) is 5.75 Å². The van der Waals surface area contributed by atoms with Crippen LogP contribution in [0.2, 0.25) is 0 Å². The molecule has 20 heavy (non-hydrogen) atoms. The number of rotatable bonds is 2. The van der Waals surface area contributed by atoms with Gasteiger partial charge in [-0.2, -0.15) is 0 Å². The molecule has 2 unspecified atom stereocenters. The predicted octanol–water partition coefficient (Wildman–Crippen LogP) is 3.21. The van der Waals surface area contributed by atoms with E-state index in [1.54, 1.807) is 6.07 Å². The lowest BCUT2D eigenvalue weighted by Gasteiger charge is -2.35. The largest absolute Gasteiger partial charge is 0.507 e. The molecule has 106 valence electrons. The van der Waals surface area contributed by atoms with Crippen LogP contribution in [0.15, 0.2) is 30.5 Å². The molecule has 0 bridgehead atoms. The van der Waals surface area contributed by atoms with Crippen LogP contribution in [0, 0.1) is 5.92 Å². The second kappa shape index (κ2) is 5.41. The molecule has 1 aliphatic rings. The summed E-state index contributed by atoms with van der Waals surface area (Å²) >= 11 is 0. The first kappa shape index (κ1) is 13.4. The second-order valence-corrected chi connectivity index (χ2v) is 6.06. The first-order valence-corrected chi connectivity index (χ1v) is 7.41. The fourth-order valence-corrected chi connectivity index (χ4v) is 3.28. The van der Waals surface area contributed by atoms with Gasteiger partial charge in [0.25, 0.3) is 0 Å². The third-order valence-corrected chi connectivity index (χ3v) is 4.65. The average Bonchev–Trinajstić information content (AvgIpc) is 2.43. The minimum absolute atomic E-state index is 0.353. The quantitative estimate of drug-likeness (QED) is 0.910. The van der Waals surface area contributed by atoms with Crippen LogP contribution in [0.1, 0.15) is 25.5 Å². The number of phenols is 1. The molecule has 1 aromatic heterocycles. The highest BCUT2D eigenvalue weighted by molar-refractivity contribution is 5.89. The highest BCUT2D eigenvalue weighted by atomic mass is 16.3. The summed E-state index contributed by atoms with van der Waals surface area (Å²) in [6.07, 6.45) is 5.25. The van der Waals surface area contributed by atoms with E-state index < -0.39 is 0 Å². The molecule has 0 aliphatic carbocycles. The van der Waals surface area contributed by atoms with E-state index in [1.165, 1.54) is 12.8 Å². The number of fused-ring (bicyclic) bond motifs is 1. The van der Waals surface area contributed by atoms with Crippen LogP contribution in [0.25, 0.3) is 10.8 Å². The molecule has 1 fully saturated rings. The summed E-state index contributed by atoms with van der Waals surface area (Å²) < 4.78 is 0. The van der Waals surface area contributed by atoms with Crippen molar-refractivity contribution in [2.75, 3.05) is 13.6 Å². The fraction of sp³-hybridized carbons (Fsp3) is 0.471. The SMILES string of the molecule is CC1CC(Cc2nccc3cccc(O)c23)CCN1C. The fourth-order valence-electron chi connectivity index (χ4n) is 3.28. The van der Waals surface area contributed by atoms with Gasteiger partial charge in [0.15, 0.2) is 0 Å². The zero-order chi connectivity index (χ0) is 14.1. The molecule has 2 heterocycles. The van der Waals surface area contributed by atoms with Gasteiger partial charge >= 0.3 is 0 Å². The number of likely N-dealkylation sites (tertiary alicyclic amines) is 1. The van der Waals surface area contributed by atoms with E-state index >= 15 is 0 Å². The Kier molecular flexibility index (Phi) is 3.62. The Hall–Kier alpha value is -1.61. The number of aromatic nitrogens is 1. The van der Waals surface area contributed by atoms with Crippen LogP contribution >= 0.6 is 0 Å². The van der Waals surface area contributed by atoms with Crippen molar-refractivity contribution >= 4 is 10.8 Å². The lowest BCUT2D eigenvalue weighted by molar-refractivity contribution is 0.153. The van der Waals surface area contributed by atoms with Gasteiger partial charge in [0, 0.05) is 17.6 Å². The van der Waals surface area contributed by atoms with Crippen molar-refractivity contribution in [2.45, 2.75) is 32.2 Å². The number of hydrogen-bond donors (Lipinski definition) is 1. The minimum atomic E-state index is 0.353. The summed E-state index contributed by atoms with van der Waals surface area (Å²) in [5.41, 5.74) is 1.04. The van der Waals surface area contributed by atoms with Crippen LogP contribution in [0.5, 0.6) is 5.75 Å². The zero-order valence-electron chi connectivity index (χ0n) is 12.2. The highest BCUT2D eigenvalue weighted by Crippen LogP contribution is 2.31. The van der Waals surface area contributed by atoms with Gasteiger partial charge < -0.3 is 10.0 Å². The third kappa shape index (κ3) is 2.50. The van der Waals surface area contributed by atoms with E-state index in [4.69, 9.17) is 0 Å². The first-order valence-electron chi connectivity index (χ1n) is 7.41. The second-order valence-electron chi connectivity index (χ2n) is 6.06. The van der Waals surface area contributed by atoms with Crippen LogP contribution < -0.4 is 0 Å². The number of piperidine rings is 1. The van der Waals surface area contributed by atoms with Crippen LogP contribution in [0.3, 0.4) is 0 Å². The van der Waals surface area contributed by atoms with Crippen molar-refractivity contribution in [1.82, 2.24) is 9.88 Å². The number of hydrogen-bond acceptors (Lipinski definition) is 3. The van der Waals surface area contributed by atoms with Gasteiger partial charge in [-0.05, 0) is 63.2 Å². The van der Waals surface area contributed by atoms with E-state index in [1.807, 2.05) is 24.4 Å². The summed E-state index contributed by atoms with van der Waals surface area (Å²) in [4.78, 5) is 6.95. The standard InChI is InChI=1S/C17H22N2O/c1-12-10-13(7-9-19(12)2)11-15-17-14(6-8-18-15)4-3-5-16(17)20/h3-6,8,12-13,20H,7,9-11H2,1-2H3. The Morgan fingerprint density at radius 3 is 3.00 bits per heavy atom. The van der Waals surface area contributed by atoms with Crippen molar-refractivity contribution in [3.8, 4) is 5.75 Å².